The summed E-state index contributed by atoms with van der Waals surface area (Å²) in [7, 11) is 3.53. The van der Waals surface area contributed by atoms with Crippen LogP contribution in [-0.2, 0) is 13.1 Å². The standard InChI is InChI=1S/C29H26N4O4/c1-31(2)25-13-12-20(15-26(25)33(36)37)14-21-17-32(16-19-8-4-3-5-9-19)18-23-27(29(34)35)22-10-6-7-11-24(22)30-28(21)23/h3-15H,16-18H2,1-2H3,(H,34,35)/b21-14-. The summed E-state index contributed by atoms with van der Waals surface area (Å²) in [6, 6.07) is 22.4. The average Bonchev–Trinajstić information content (AvgIpc) is 2.87. The molecule has 0 bridgehead atoms. The molecule has 0 aliphatic carbocycles. The van der Waals surface area contributed by atoms with E-state index >= 15 is 0 Å². The summed E-state index contributed by atoms with van der Waals surface area (Å²) in [6.07, 6.45) is 1.88. The topological polar surface area (TPSA) is 99.8 Å². The van der Waals surface area contributed by atoms with E-state index in [0.717, 1.165) is 11.1 Å². The third-order valence-electron chi connectivity index (χ3n) is 6.55. The minimum Gasteiger partial charge on any atom is -0.478 e. The summed E-state index contributed by atoms with van der Waals surface area (Å²) in [4.78, 5) is 32.6. The van der Waals surface area contributed by atoms with E-state index in [1.165, 1.54) is 0 Å². The van der Waals surface area contributed by atoms with Crippen molar-refractivity contribution in [3.63, 3.8) is 0 Å². The van der Waals surface area contributed by atoms with Gasteiger partial charge >= 0.3 is 5.97 Å². The second-order valence-electron chi connectivity index (χ2n) is 9.34. The lowest BCUT2D eigenvalue weighted by Crippen LogP contribution is -2.31. The van der Waals surface area contributed by atoms with Gasteiger partial charge in [-0.25, -0.2) is 9.78 Å². The Morgan fingerprint density at radius 2 is 1.81 bits per heavy atom. The van der Waals surface area contributed by atoms with Gasteiger partial charge in [0, 0.05) is 50.7 Å². The number of carbonyl (C=O) groups is 1. The van der Waals surface area contributed by atoms with Crippen molar-refractivity contribution >= 4 is 39.9 Å². The number of hydrogen-bond acceptors (Lipinski definition) is 6. The van der Waals surface area contributed by atoms with Crippen LogP contribution in [0.15, 0.2) is 72.8 Å². The molecule has 1 aliphatic heterocycles. The summed E-state index contributed by atoms with van der Waals surface area (Å²) in [5.41, 5.74) is 5.24. The van der Waals surface area contributed by atoms with E-state index in [2.05, 4.69) is 4.90 Å². The first-order chi connectivity index (χ1) is 17.8. The molecule has 2 heterocycles. The fourth-order valence-corrected chi connectivity index (χ4v) is 4.93. The number of nitrogens with zero attached hydrogens (tertiary/aromatic N) is 4. The molecule has 0 fully saturated rings. The number of pyridine rings is 1. The van der Waals surface area contributed by atoms with E-state index in [9.17, 15) is 20.0 Å². The van der Waals surface area contributed by atoms with E-state index in [-0.39, 0.29) is 16.2 Å². The highest BCUT2D eigenvalue weighted by atomic mass is 16.6. The lowest BCUT2D eigenvalue weighted by Gasteiger charge is -2.31. The normalized spacial score (nSPS) is 14.5. The van der Waals surface area contributed by atoms with E-state index in [4.69, 9.17) is 4.98 Å². The number of anilines is 1. The maximum Gasteiger partial charge on any atom is 0.336 e. The molecule has 1 aliphatic rings. The molecule has 0 atom stereocenters. The zero-order chi connectivity index (χ0) is 26.1. The number of carboxylic acids is 1. The Kier molecular flexibility index (Phi) is 6.42. The molecule has 4 aromatic rings. The van der Waals surface area contributed by atoms with Gasteiger partial charge in [-0.1, -0.05) is 54.6 Å². The first-order valence-electron chi connectivity index (χ1n) is 11.9. The predicted molar refractivity (Wildman–Crippen MR) is 145 cm³/mol. The third-order valence-corrected chi connectivity index (χ3v) is 6.55. The first-order valence-corrected chi connectivity index (χ1v) is 11.9. The Bertz CT molecular complexity index is 1550. The number of aromatic nitrogens is 1. The molecule has 5 rings (SSSR count). The van der Waals surface area contributed by atoms with Gasteiger partial charge in [0.1, 0.15) is 5.69 Å². The Morgan fingerprint density at radius 1 is 1.08 bits per heavy atom. The highest BCUT2D eigenvalue weighted by Gasteiger charge is 2.29. The number of benzene rings is 3. The van der Waals surface area contributed by atoms with Crippen molar-refractivity contribution in [1.29, 1.82) is 0 Å². The first kappa shape index (κ1) is 24.1. The molecule has 0 saturated heterocycles. The van der Waals surface area contributed by atoms with Crippen molar-refractivity contribution in [2.24, 2.45) is 0 Å². The molecule has 0 radical (unpaired) electrons. The third kappa shape index (κ3) is 4.79. The number of fused-ring (bicyclic) bond motifs is 2. The average molecular weight is 495 g/mol. The molecule has 8 nitrogen and oxygen atoms in total. The molecular weight excluding hydrogens is 468 g/mol. The minimum atomic E-state index is -0.998. The molecule has 0 unspecified atom stereocenters. The van der Waals surface area contributed by atoms with Crippen molar-refractivity contribution < 1.29 is 14.8 Å². The van der Waals surface area contributed by atoms with Gasteiger partial charge < -0.3 is 10.0 Å². The number of nitro benzene ring substituents is 1. The maximum atomic E-state index is 12.5. The van der Waals surface area contributed by atoms with E-state index in [0.29, 0.717) is 53.0 Å². The number of carboxylic acid groups (broad SMARTS) is 1. The summed E-state index contributed by atoms with van der Waals surface area (Å²) in [6.45, 7) is 1.58. The Labute approximate surface area is 214 Å². The van der Waals surface area contributed by atoms with Crippen LogP contribution in [0.1, 0.15) is 32.7 Å². The number of aromatic carboxylic acids is 1. The molecule has 0 spiro atoms. The van der Waals surface area contributed by atoms with Gasteiger partial charge in [0.15, 0.2) is 0 Å². The molecule has 3 aromatic carbocycles. The van der Waals surface area contributed by atoms with Gasteiger partial charge in [-0.2, -0.15) is 0 Å². The van der Waals surface area contributed by atoms with Gasteiger partial charge in [0.05, 0.1) is 21.7 Å². The van der Waals surface area contributed by atoms with E-state index in [1.807, 2.05) is 60.7 Å². The zero-order valence-electron chi connectivity index (χ0n) is 20.6. The molecule has 1 aromatic heterocycles. The van der Waals surface area contributed by atoms with Gasteiger partial charge in [0.25, 0.3) is 5.69 Å². The molecule has 0 saturated carbocycles. The number of rotatable bonds is 6. The van der Waals surface area contributed by atoms with Crippen LogP contribution in [0.4, 0.5) is 11.4 Å². The highest BCUT2D eigenvalue weighted by molar-refractivity contribution is 6.06. The highest BCUT2D eigenvalue weighted by Crippen LogP contribution is 2.36. The van der Waals surface area contributed by atoms with Crippen LogP contribution in [0, 0.1) is 10.1 Å². The van der Waals surface area contributed by atoms with Gasteiger partial charge in [-0.05, 0) is 34.9 Å². The largest absolute Gasteiger partial charge is 0.478 e. The monoisotopic (exact) mass is 494 g/mol. The Morgan fingerprint density at radius 3 is 2.51 bits per heavy atom. The van der Waals surface area contributed by atoms with Crippen LogP contribution in [0.25, 0.3) is 22.6 Å². The van der Waals surface area contributed by atoms with Crippen LogP contribution in [0.3, 0.4) is 0 Å². The molecule has 1 N–H and O–H groups in total. The van der Waals surface area contributed by atoms with Crippen molar-refractivity contribution in [2.45, 2.75) is 13.1 Å². The van der Waals surface area contributed by atoms with Crippen LogP contribution in [-0.4, -0.2) is 46.5 Å². The van der Waals surface area contributed by atoms with Gasteiger partial charge in [0.2, 0.25) is 0 Å². The fraction of sp³-hybridized carbons (Fsp3) is 0.172. The minimum absolute atomic E-state index is 0.00854. The number of para-hydroxylation sites is 1. The summed E-state index contributed by atoms with van der Waals surface area (Å²) in [5.74, 6) is -0.998. The smallest absolute Gasteiger partial charge is 0.336 e. The molecule has 0 amide bonds. The fourth-order valence-electron chi connectivity index (χ4n) is 4.93. The summed E-state index contributed by atoms with van der Waals surface area (Å²) < 4.78 is 0. The predicted octanol–water partition coefficient (Wildman–Crippen LogP) is 5.46. The van der Waals surface area contributed by atoms with Crippen molar-refractivity contribution in [3.05, 3.63) is 111 Å². The zero-order valence-corrected chi connectivity index (χ0v) is 20.6. The summed E-state index contributed by atoms with van der Waals surface area (Å²) >= 11 is 0. The van der Waals surface area contributed by atoms with Crippen molar-refractivity contribution in [1.82, 2.24) is 9.88 Å². The molecule has 37 heavy (non-hydrogen) atoms. The van der Waals surface area contributed by atoms with E-state index in [1.54, 1.807) is 37.2 Å². The van der Waals surface area contributed by atoms with Crippen LogP contribution in [0.2, 0.25) is 0 Å². The molecule has 186 valence electrons. The van der Waals surface area contributed by atoms with Crippen molar-refractivity contribution in [3.8, 4) is 0 Å². The van der Waals surface area contributed by atoms with Gasteiger partial charge in [-0.15, -0.1) is 0 Å². The SMILES string of the molecule is CN(C)c1ccc(/C=C2/CN(Cc3ccccc3)Cc3c2nc2ccccc2c3C(=O)O)cc1[N+](=O)[O-]. The van der Waals surface area contributed by atoms with E-state index < -0.39 is 5.97 Å². The van der Waals surface area contributed by atoms with Gasteiger partial charge in [-0.3, -0.25) is 15.0 Å². The molecule has 8 heteroatoms. The Balaban J connectivity index is 1.69. The van der Waals surface area contributed by atoms with Crippen LogP contribution >= 0.6 is 0 Å². The maximum absolute atomic E-state index is 12.5. The number of hydrogen-bond donors (Lipinski definition) is 1. The van der Waals surface area contributed by atoms with Crippen molar-refractivity contribution in [2.75, 3.05) is 25.5 Å². The number of nitro groups is 1. The lowest BCUT2D eigenvalue weighted by molar-refractivity contribution is -0.384. The second kappa shape index (κ2) is 9.83. The molecular formula is C29H26N4O4. The summed E-state index contributed by atoms with van der Waals surface area (Å²) in [5, 5.41) is 22.6. The lowest BCUT2D eigenvalue weighted by atomic mass is 9.91. The van der Waals surface area contributed by atoms with Crippen LogP contribution < -0.4 is 4.90 Å². The quantitative estimate of drug-likeness (QED) is 0.280. The second-order valence-corrected chi connectivity index (χ2v) is 9.34. The Hall–Kier alpha value is -4.56. The van der Waals surface area contributed by atoms with Crippen LogP contribution in [0.5, 0.6) is 0 Å².